The van der Waals surface area contributed by atoms with Gasteiger partial charge in [0.25, 0.3) is 0 Å². The predicted octanol–water partition coefficient (Wildman–Crippen LogP) is 3.76. The van der Waals surface area contributed by atoms with E-state index in [1.165, 1.54) is 0 Å². The van der Waals surface area contributed by atoms with E-state index in [-0.39, 0.29) is 11.5 Å². The van der Waals surface area contributed by atoms with Gasteiger partial charge in [-0.15, -0.1) is 0 Å². The van der Waals surface area contributed by atoms with Crippen molar-refractivity contribution in [2.45, 2.75) is 18.7 Å². The molecule has 0 amide bonds. The van der Waals surface area contributed by atoms with Crippen LogP contribution in [-0.2, 0) is 14.6 Å². The molecule has 0 saturated heterocycles. The van der Waals surface area contributed by atoms with Crippen molar-refractivity contribution in [1.82, 2.24) is 0 Å². The number of aryl methyl sites for hydroxylation is 2. The number of sulfone groups is 1. The number of rotatable bonds is 5. The maximum absolute atomic E-state index is 12.9. The minimum atomic E-state index is -3.57. The highest BCUT2D eigenvalue weighted by atomic mass is 32.2. The summed E-state index contributed by atoms with van der Waals surface area (Å²) in [5.74, 6) is 0. The quantitative estimate of drug-likeness (QED) is 0.843. The lowest BCUT2D eigenvalue weighted by Crippen LogP contribution is -2.05. The van der Waals surface area contributed by atoms with Gasteiger partial charge < -0.3 is 4.74 Å². The van der Waals surface area contributed by atoms with E-state index in [0.29, 0.717) is 10.5 Å². The summed E-state index contributed by atoms with van der Waals surface area (Å²) in [6.07, 6.45) is 1.61. The van der Waals surface area contributed by atoms with Crippen LogP contribution in [0.25, 0.3) is 4.91 Å². The Morgan fingerprint density at radius 2 is 1.45 bits per heavy atom. The molecule has 0 spiro atoms. The van der Waals surface area contributed by atoms with Crippen LogP contribution in [0.1, 0.15) is 16.7 Å². The van der Waals surface area contributed by atoms with Crippen LogP contribution < -0.4 is 0 Å². The Morgan fingerprint density at radius 1 is 0.955 bits per heavy atom. The van der Waals surface area contributed by atoms with E-state index >= 15 is 0 Å². The Hall–Kier alpha value is -1.91. The van der Waals surface area contributed by atoms with Crippen molar-refractivity contribution >= 4 is 14.7 Å². The number of hydrogen-bond donors (Lipinski definition) is 0. The van der Waals surface area contributed by atoms with Crippen LogP contribution in [0.2, 0.25) is 0 Å². The molecular weight excluding hydrogens is 296 g/mol. The van der Waals surface area contributed by atoms with Crippen molar-refractivity contribution in [1.29, 1.82) is 0 Å². The first-order valence-corrected chi connectivity index (χ1v) is 8.51. The number of benzene rings is 2. The van der Waals surface area contributed by atoms with E-state index in [1.54, 1.807) is 37.5 Å². The third-order valence-corrected chi connectivity index (χ3v) is 5.27. The fourth-order valence-corrected chi connectivity index (χ4v) is 3.59. The maximum Gasteiger partial charge on any atom is 0.206 e. The predicted molar refractivity (Wildman–Crippen MR) is 89.4 cm³/mol. The first-order valence-electron chi connectivity index (χ1n) is 7.03. The maximum atomic E-state index is 12.9. The highest BCUT2D eigenvalue weighted by molar-refractivity contribution is 8.00. The van der Waals surface area contributed by atoms with Gasteiger partial charge in [-0.05, 0) is 37.6 Å². The molecule has 0 atom stereocenters. The number of methoxy groups -OCH3 is 1. The molecular formula is C18H20O3S. The van der Waals surface area contributed by atoms with Crippen molar-refractivity contribution < 1.29 is 13.2 Å². The lowest BCUT2D eigenvalue weighted by Gasteiger charge is -2.11. The van der Waals surface area contributed by atoms with E-state index in [0.717, 1.165) is 11.1 Å². The zero-order valence-corrected chi connectivity index (χ0v) is 13.9. The molecule has 0 aliphatic rings. The third-order valence-electron chi connectivity index (χ3n) is 3.39. The standard InChI is InChI=1S/C18H20O3S/c1-14-4-8-16(9-5-14)18(12-13-21-3)22(19,20)17-10-6-15(2)7-11-17/h4-12H,13H2,1-3H3/b18-12-. The summed E-state index contributed by atoms with van der Waals surface area (Å²) in [4.78, 5) is 0.569. The smallest absolute Gasteiger partial charge is 0.206 e. The molecule has 0 heterocycles. The van der Waals surface area contributed by atoms with Gasteiger partial charge in [0.2, 0.25) is 9.84 Å². The Labute approximate surface area is 132 Å². The van der Waals surface area contributed by atoms with Crippen LogP contribution in [0.15, 0.2) is 59.5 Å². The third kappa shape index (κ3) is 3.64. The van der Waals surface area contributed by atoms with E-state index < -0.39 is 9.84 Å². The summed E-state index contributed by atoms with van der Waals surface area (Å²) in [6.45, 7) is 4.14. The SMILES string of the molecule is COC/C=C(/c1ccc(C)cc1)S(=O)(=O)c1ccc(C)cc1. The van der Waals surface area contributed by atoms with Gasteiger partial charge in [0.15, 0.2) is 0 Å². The molecule has 0 aliphatic carbocycles. The largest absolute Gasteiger partial charge is 0.381 e. The van der Waals surface area contributed by atoms with Crippen LogP contribution >= 0.6 is 0 Å². The van der Waals surface area contributed by atoms with E-state index in [4.69, 9.17) is 4.74 Å². The zero-order chi connectivity index (χ0) is 16.2. The van der Waals surface area contributed by atoms with Crippen molar-refractivity contribution in [3.8, 4) is 0 Å². The molecule has 116 valence electrons. The molecule has 0 radical (unpaired) electrons. The Bertz CT molecular complexity index is 755. The summed E-state index contributed by atoms with van der Waals surface area (Å²) in [7, 11) is -2.03. The van der Waals surface area contributed by atoms with Crippen LogP contribution in [0.5, 0.6) is 0 Å². The number of ether oxygens (including phenoxy) is 1. The molecule has 0 saturated carbocycles. The molecule has 0 fully saturated rings. The van der Waals surface area contributed by atoms with E-state index in [9.17, 15) is 8.42 Å². The zero-order valence-electron chi connectivity index (χ0n) is 13.0. The van der Waals surface area contributed by atoms with Gasteiger partial charge in [-0.1, -0.05) is 47.5 Å². The highest BCUT2D eigenvalue weighted by Gasteiger charge is 2.21. The minimum absolute atomic E-state index is 0.244. The molecule has 2 aromatic rings. The van der Waals surface area contributed by atoms with Crippen molar-refractivity contribution in [2.75, 3.05) is 13.7 Å². The molecule has 0 N–H and O–H groups in total. The minimum Gasteiger partial charge on any atom is -0.381 e. The summed E-state index contributed by atoms with van der Waals surface area (Å²) < 4.78 is 30.8. The van der Waals surface area contributed by atoms with Gasteiger partial charge in [0.05, 0.1) is 16.4 Å². The molecule has 3 nitrogen and oxygen atoms in total. The van der Waals surface area contributed by atoms with Crippen LogP contribution in [0, 0.1) is 13.8 Å². The first kappa shape index (κ1) is 16.5. The van der Waals surface area contributed by atoms with Crippen molar-refractivity contribution in [3.63, 3.8) is 0 Å². The first-order chi connectivity index (χ1) is 10.4. The van der Waals surface area contributed by atoms with Gasteiger partial charge in [-0.3, -0.25) is 0 Å². The van der Waals surface area contributed by atoms with Gasteiger partial charge >= 0.3 is 0 Å². The second kappa shape index (κ2) is 6.90. The lowest BCUT2D eigenvalue weighted by molar-refractivity contribution is 0.234. The van der Waals surface area contributed by atoms with Crippen molar-refractivity contribution in [2.24, 2.45) is 0 Å². The summed E-state index contributed by atoms with van der Waals surface area (Å²) >= 11 is 0. The normalized spacial score (nSPS) is 12.4. The molecule has 0 aromatic heterocycles. The van der Waals surface area contributed by atoms with Crippen molar-refractivity contribution in [3.05, 3.63) is 71.3 Å². The van der Waals surface area contributed by atoms with E-state index in [2.05, 4.69) is 0 Å². The Balaban J connectivity index is 2.53. The summed E-state index contributed by atoms with van der Waals surface area (Å²) in [5, 5.41) is 0. The molecule has 2 rings (SSSR count). The second-order valence-corrected chi connectivity index (χ2v) is 7.12. The molecule has 0 bridgehead atoms. The monoisotopic (exact) mass is 316 g/mol. The van der Waals surface area contributed by atoms with Crippen LogP contribution in [0.4, 0.5) is 0 Å². The average molecular weight is 316 g/mol. The van der Waals surface area contributed by atoms with Gasteiger partial charge in [-0.2, -0.15) is 0 Å². The van der Waals surface area contributed by atoms with Gasteiger partial charge in [0, 0.05) is 7.11 Å². The van der Waals surface area contributed by atoms with E-state index in [1.807, 2.05) is 38.1 Å². The second-order valence-electron chi connectivity index (χ2n) is 5.21. The Morgan fingerprint density at radius 3 is 1.95 bits per heavy atom. The van der Waals surface area contributed by atoms with Gasteiger partial charge in [0.1, 0.15) is 0 Å². The highest BCUT2D eigenvalue weighted by Crippen LogP contribution is 2.28. The molecule has 4 heteroatoms. The number of hydrogen-bond acceptors (Lipinski definition) is 3. The van der Waals surface area contributed by atoms with Gasteiger partial charge in [-0.25, -0.2) is 8.42 Å². The van der Waals surface area contributed by atoms with Crippen LogP contribution in [-0.4, -0.2) is 22.1 Å². The fourth-order valence-electron chi connectivity index (χ4n) is 2.10. The molecule has 0 aliphatic heterocycles. The molecule has 0 unspecified atom stereocenters. The van der Waals surface area contributed by atoms with Crippen LogP contribution in [0.3, 0.4) is 0 Å². The fraction of sp³-hybridized carbons (Fsp3) is 0.222. The Kier molecular flexibility index (Phi) is 5.16. The average Bonchev–Trinajstić information content (AvgIpc) is 2.49. The summed E-state index contributed by atoms with van der Waals surface area (Å²) in [5.41, 5.74) is 2.78. The molecule has 2 aromatic carbocycles. The summed E-state index contributed by atoms with van der Waals surface area (Å²) in [6, 6.07) is 14.3. The lowest BCUT2D eigenvalue weighted by atomic mass is 10.1. The topological polar surface area (TPSA) is 43.4 Å². The molecule has 22 heavy (non-hydrogen) atoms.